The molecule has 0 atom stereocenters. The summed E-state index contributed by atoms with van der Waals surface area (Å²) in [7, 11) is 1.36. The largest absolute Gasteiger partial charge is 0.398 e. The number of hydrogen-bond acceptors (Lipinski definition) is 7. The minimum absolute atomic E-state index is 0.115. The standard InChI is InChI=1S/C11H14N4O4S/c1-18-14-9(8-6-20-11(13-8)12-7-16)10(17)15-2-4-19-5-3-15/h6-7H,2-5H2,1H3,(H,12,13,16)/b14-9+. The molecule has 0 spiro atoms. The first-order chi connectivity index (χ1) is 9.76. The molecule has 0 radical (unpaired) electrons. The first kappa shape index (κ1) is 14.4. The number of amides is 2. The van der Waals surface area contributed by atoms with Crippen LogP contribution in [0.2, 0.25) is 0 Å². The van der Waals surface area contributed by atoms with Gasteiger partial charge in [0.1, 0.15) is 12.8 Å². The molecule has 1 N–H and O–H groups in total. The third-order valence-corrected chi connectivity index (χ3v) is 3.39. The second-order valence-corrected chi connectivity index (χ2v) is 4.69. The first-order valence-electron chi connectivity index (χ1n) is 5.90. The number of hydrogen-bond donors (Lipinski definition) is 1. The minimum Gasteiger partial charge on any atom is -0.398 e. The minimum atomic E-state index is -0.266. The van der Waals surface area contributed by atoms with Gasteiger partial charge in [0.2, 0.25) is 6.41 Å². The average Bonchev–Trinajstić information content (AvgIpc) is 2.94. The Balaban J connectivity index is 2.18. The number of morpholine rings is 1. The maximum absolute atomic E-state index is 12.4. The van der Waals surface area contributed by atoms with Crippen LogP contribution in [0.15, 0.2) is 10.5 Å². The molecule has 1 fully saturated rings. The summed E-state index contributed by atoms with van der Waals surface area (Å²) in [4.78, 5) is 33.2. The van der Waals surface area contributed by atoms with E-state index in [4.69, 9.17) is 9.57 Å². The van der Waals surface area contributed by atoms with Gasteiger partial charge in [-0.25, -0.2) is 4.98 Å². The Hall–Kier alpha value is -2.00. The maximum atomic E-state index is 12.4. The number of rotatable bonds is 5. The number of ether oxygens (including phenoxy) is 1. The van der Waals surface area contributed by atoms with E-state index in [1.54, 1.807) is 10.3 Å². The van der Waals surface area contributed by atoms with E-state index in [-0.39, 0.29) is 11.6 Å². The van der Waals surface area contributed by atoms with Crippen LogP contribution in [-0.4, -0.2) is 61.3 Å². The van der Waals surface area contributed by atoms with Crippen LogP contribution in [0.3, 0.4) is 0 Å². The lowest BCUT2D eigenvalue weighted by Crippen LogP contribution is -2.44. The molecule has 1 aromatic rings. The molecular formula is C11H14N4O4S. The number of thiazole rings is 1. The summed E-state index contributed by atoms with van der Waals surface area (Å²) in [5, 5.41) is 8.22. The number of nitrogens with one attached hydrogen (secondary N) is 1. The van der Waals surface area contributed by atoms with E-state index in [9.17, 15) is 9.59 Å². The molecule has 2 rings (SSSR count). The van der Waals surface area contributed by atoms with Crippen molar-refractivity contribution in [3.63, 3.8) is 0 Å². The molecule has 2 amide bonds. The molecule has 108 valence electrons. The third-order valence-electron chi connectivity index (χ3n) is 2.61. The Morgan fingerprint density at radius 1 is 1.60 bits per heavy atom. The van der Waals surface area contributed by atoms with E-state index < -0.39 is 0 Å². The molecule has 9 heteroatoms. The van der Waals surface area contributed by atoms with Crippen LogP contribution >= 0.6 is 11.3 Å². The van der Waals surface area contributed by atoms with E-state index in [0.717, 1.165) is 0 Å². The fourth-order valence-electron chi connectivity index (χ4n) is 1.70. The van der Waals surface area contributed by atoms with Gasteiger partial charge in [0.25, 0.3) is 5.91 Å². The van der Waals surface area contributed by atoms with Gasteiger partial charge in [0.15, 0.2) is 10.8 Å². The Morgan fingerprint density at radius 2 is 2.35 bits per heavy atom. The summed E-state index contributed by atoms with van der Waals surface area (Å²) < 4.78 is 5.20. The van der Waals surface area contributed by atoms with Gasteiger partial charge in [-0.05, 0) is 0 Å². The Kier molecular flexibility index (Phi) is 5.02. The van der Waals surface area contributed by atoms with E-state index in [1.165, 1.54) is 18.4 Å². The molecule has 2 heterocycles. The van der Waals surface area contributed by atoms with Gasteiger partial charge in [-0.15, -0.1) is 11.3 Å². The SMILES string of the molecule is CO/N=C(/C(=O)N1CCOCC1)c1csc(NC=O)n1. The van der Waals surface area contributed by atoms with Crippen molar-refractivity contribution in [3.05, 3.63) is 11.1 Å². The highest BCUT2D eigenvalue weighted by molar-refractivity contribution is 7.14. The van der Waals surface area contributed by atoms with Gasteiger partial charge >= 0.3 is 0 Å². The summed E-state index contributed by atoms with van der Waals surface area (Å²) in [6.07, 6.45) is 0.527. The lowest BCUT2D eigenvalue weighted by atomic mass is 10.2. The number of oxime groups is 1. The molecule has 1 saturated heterocycles. The van der Waals surface area contributed by atoms with Crippen LogP contribution in [-0.2, 0) is 19.2 Å². The Morgan fingerprint density at radius 3 is 3.00 bits per heavy atom. The van der Waals surface area contributed by atoms with Crippen LogP contribution in [0.4, 0.5) is 5.13 Å². The van der Waals surface area contributed by atoms with Crippen molar-refractivity contribution in [2.75, 3.05) is 38.7 Å². The van der Waals surface area contributed by atoms with Gasteiger partial charge in [-0.3, -0.25) is 9.59 Å². The first-order valence-corrected chi connectivity index (χ1v) is 6.78. The summed E-state index contributed by atoms with van der Waals surface area (Å²) in [6, 6.07) is 0. The van der Waals surface area contributed by atoms with Crippen molar-refractivity contribution >= 4 is 34.5 Å². The molecule has 1 aromatic heterocycles. The van der Waals surface area contributed by atoms with Crippen molar-refractivity contribution in [1.82, 2.24) is 9.88 Å². The van der Waals surface area contributed by atoms with Gasteiger partial charge in [0, 0.05) is 18.5 Å². The van der Waals surface area contributed by atoms with Crippen LogP contribution in [0.1, 0.15) is 5.69 Å². The molecule has 0 aliphatic carbocycles. The van der Waals surface area contributed by atoms with Crippen molar-refractivity contribution in [2.24, 2.45) is 5.16 Å². The fraction of sp³-hybridized carbons (Fsp3) is 0.455. The molecule has 0 bridgehead atoms. The molecule has 0 unspecified atom stereocenters. The highest BCUT2D eigenvalue weighted by Crippen LogP contribution is 2.16. The second-order valence-electron chi connectivity index (χ2n) is 3.83. The number of carbonyl (C=O) groups excluding carboxylic acids is 2. The fourth-order valence-corrected chi connectivity index (χ4v) is 2.36. The zero-order chi connectivity index (χ0) is 14.4. The summed E-state index contributed by atoms with van der Waals surface area (Å²) >= 11 is 1.21. The molecule has 8 nitrogen and oxygen atoms in total. The summed E-state index contributed by atoms with van der Waals surface area (Å²) in [5.74, 6) is -0.266. The van der Waals surface area contributed by atoms with Crippen molar-refractivity contribution in [2.45, 2.75) is 0 Å². The van der Waals surface area contributed by atoms with E-state index in [0.29, 0.717) is 43.5 Å². The van der Waals surface area contributed by atoms with Crippen molar-refractivity contribution in [1.29, 1.82) is 0 Å². The molecule has 0 saturated carbocycles. The highest BCUT2D eigenvalue weighted by atomic mass is 32.1. The van der Waals surface area contributed by atoms with Gasteiger partial charge in [0.05, 0.1) is 13.2 Å². The molecule has 1 aliphatic heterocycles. The number of aromatic nitrogens is 1. The van der Waals surface area contributed by atoms with E-state index in [1.807, 2.05) is 0 Å². The number of anilines is 1. The van der Waals surface area contributed by atoms with E-state index in [2.05, 4.69) is 15.5 Å². The normalized spacial score (nSPS) is 15.8. The Bertz CT molecular complexity index is 510. The van der Waals surface area contributed by atoms with Crippen molar-refractivity contribution < 1.29 is 19.2 Å². The monoisotopic (exact) mass is 298 g/mol. The smallest absolute Gasteiger partial charge is 0.278 e. The zero-order valence-corrected chi connectivity index (χ0v) is 11.7. The quantitative estimate of drug-likeness (QED) is 0.466. The van der Waals surface area contributed by atoms with Crippen molar-refractivity contribution in [3.8, 4) is 0 Å². The van der Waals surface area contributed by atoms with E-state index >= 15 is 0 Å². The number of carbonyl (C=O) groups is 2. The third kappa shape index (κ3) is 3.31. The predicted molar refractivity (Wildman–Crippen MR) is 72.7 cm³/mol. The summed E-state index contributed by atoms with van der Waals surface area (Å²) in [6.45, 7) is 2.01. The number of nitrogens with zero attached hydrogens (tertiary/aromatic N) is 3. The van der Waals surface area contributed by atoms with Gasteiger partial charge in [-0.1, -0.05) is 5.16 Å². The average molecular weight is 298 g/mol. The van der Waals surface area contributed by atoms with Gasteiger partial charge < -0.3 is 19.8 Å². The molecule has 1 aliphatic rings. The summed E-state index contributed by atoms with van der Waals surface area (Å²) in [5.41, 5.74) is 0.488. The van der Waals surface area contributed by atoms with Crippen LogP contribution < -0.4 is 5.32 Å². The molecular weight excluding hydrogens is 284 g/mol. The maximum Gasteiger partial charge on any atom is 0.278 e. The zero-order valence-electron chi connectivity index (χ0n) is 10.9. The van der Waals surface area contributed by atoms with Crippen LogP contribution in [0.25, 0.3) is 0 Å². The lowest BCUT2D eigenvalue weighted by Gasteiger charge is -2.26. The second kappa shape index (κ2) is 6.96. The van der Waals surface area contributed by atoms with Gasteiger partial charge in [-0.2, -0.15) is 0 Å². The lowest BCUT2D eigenvalue weighted by molar-refractivity contribution is -0.128. The van der Waals surface area contributed by atoms with Crippen LogP contribution in [0.5, 0.6) is 0 Å². The topological polar surface area (TPSA) is 93.1 Å². The molecule has 20 heavy (non-hydrogen) atoms. The highest BCUT2D eigenvalue weighted by Gasteiger charge is 2.25. The van der Waals surface area contributed by atoms with Crippen LogP contribution in [0, 0.1) is 0 Å². The predicted octanol–water partition coefficient (Wildman–Crippen LogP) is -0.0793. The molecule has 0 aromatic carbocycles. The Labute approximate surface area is 119 Å².